The molecule has 0 bridgehead atoms. The van der Waals surface area contributed by atoms with Crippen molar-refractivity contribution in [3.8, 4) is 0 Å². The molecule has 84 valence electrons. The van der Waals surface area contributed by atoms with Gasteiger partial charge in [-0.1, -0.05) is 0 Å². The molecule has 0 atom stereocenters. The second-order valence-corrected chi connectivity index (χ2v) is 3.41. The molecule has 0 saturated carbocycles. The van der Waals surface area contributed by atoms with Crippen LogP contribution in [0.1, 0.15) is 19.4 Å². The van der Waals surface area contributed by atoms with E-state index in [1.165, 1.54) is 5.56 Å². The lowest BCUT2D eigenvalue weighted by molar-refractivity contribution is 0.838. The topological polar surface area (TPSA) is 41.4 Å². The highest BCUT2D eigenvalue weighted by Gasteiger charge is 1.96. The third kappa shape index (κ3) is 4.06. The van der Waals surface area contributed by atoms with Crippen LogP contribution in [0.3, 0.4) is 0 Å². The predicted octanol–water partition coefficient (Wildman–Crippen LogP) is 1.10. The smallest absolute Gasteiger partial charge is 0.191 e. The summed E-state index contributed by atoms with van der Waals surface area (Å²) >= 11 is 0. The highest BCUT2D eigenvalue weighted by molar-refractivity contribution is 5.79. The van der Waals surface area contributed by atoms with Gasteiger partial charge in [0.05, 0.1) is 6.54 Å². The van der Waals surface area contributed by atoms with Crippen LogP contribution in [-0.2, 0) is 13.6 Å². The van der Waals surface area contributed by atoms with Gasteiger partial charge in [0.25, 0.3) is 0 Å². The Morgan fingerprint density at radius 2 is 2.00 bits per heavy atom. The molecule has 0 amide bonds. The van der Waals surface area contributed by atoms with Crippen LogP contribution in [0.4, 0.5) is 0 Å². The lowest BCUT2D eigenvalue weighted by Crippen LogP contribution is -2.36. The summed E-state index contributed by atoms with van der Waals surface area (Å²) < 4.78 is 2.03. The molecule has 0 aliphatic carbocycles. The van der Waals surface area contributed by atoms with E-state index in [-0.39, 0.29) is 0 Å². The molecule has 1 rings (SSSR count). The largest absolute Gasteiger partial charge is 0.357 e. The van der Waals surface area contributed by atoms with Crippen LogP contribution in [0.25, 0.3) is 0 Å². The summed E-state index contributed by atoms with van der Waals surface area (Å²) in [7, 11) is 2.02. The number of rotatable bonds is 4. The third-order valence-electron chi connectivity index (χ3n) is 2.00. The molecular weight excluding hydrogens is 188 g/mol. The summed E-state index contributed by atoms with van der Waals surface area (Å²) in [6, 6.07) is 2.08. The van der Waals surface area contributed by atoms with Gasteiger partial charge in [-0.05, 0) is 25.5 Å². The third-order valence-corrected chi connectivity index (χ3v) is 2.00. The summed E-state index contributed by atoms with van der Waals surface area (Å²) in [4.78, 5) is 4.47. The first-order valence-electron chi connectivity index (χ1n) is 5.39. The highest BCUT2D eigenvalue weighted by Crippen LogP contribution is 2.00. The van der Waals surface area contributed by atoms with E-state index in [1.807, 2.05) is 17.8 Å². The molecule has 0 radical (unpaired) electrons. The summed E-state index contributed by atoms with van der Waals surface area (Å²) in [5.41, 5.74) is 1.23. The van der Waals surface area contributed by atoms with Crippen molar-refractivity contribution in [1.29, 1.82) is 0 Å². The minimum atomic E-state index is 0.718. The van der Waals surface area contributed by atoms with E-state index in [9.17, 15) is 0 Å². The van der Waals surface area contributed by atoms with Gasteiger partial charge in [-0.3, -0.25) is 0 Å². The van der Waals surface area contributed by atoms with Crippen LogP contribution >= 0.6 is 0 Å². The molecule has 0 unspecified atom stereocenters. The molecule has 15 heavy (non-hydrogen) atoms. The Bertz CT molecular complexity index is 306. The fraction of sp³-hybridized carbons (Fsp3) is 0.545. The van der Waals surface area contributed by atoms with Crippen molar-refractivity contribution in [3.63, 3.8) is 0 Å². The number of nitrogens with one attached hydrogen (secondary N) is 2. The molecule has 1 aromatic rings. The molecule has 0 aliphatic heterocycles. The van der Waals surface area contributed by atoms with E-state index in [4.69, 9.17) is 0 Å². The number of aromatic nitrogens is 1. The van der Waals surface area contributed by atoms with Crippen LogP contribution in [-0.4, -0.2) is 23.6 Å². The molecule has 0 saturated heterocycles. The summed E-state index contributed by atoms with van der Waals surface area (Å²) in [6.07, 6.45) is 4.12. The Kier molecular flexibility index (Phi) is 4.74. The molecule has 0 fully saturated rings. The van der Waals surface area contributed by atoms with Crippen LogP contribution in [0.5, 0.6) is 0 Å². The molecule has 1 heterocycles. The first-order chi connectivity index (χ1) is 7.26. The fourth-order valence-electron chi connectivity index (χ4n) is 1.33. The normalized spacial score (nSPS) is 9.80. The quantitative estimate of drug-likeness (QED) is 0.574. The summed E-state index contributed by atoms with van der Waals surface area (Å²) in [5.74, 6) is 0.879. The molecular formula is C11H20N4. The van der Waals surface area contributed by atoms with E-state index in [0.717, 1.165) is 25.6 Å². The zero-order chi connectivity index (χ0) is 11.1. The van der Waals surface area contributed by atoms with Crippen molar-refractivity contribution in [2.45, 2.75) is 20.4 Å². The standard InChI is InChI=1S/C11H20N4/c1-4-12-11(13-5-2)14-8-10-6-7-15(3)9-10/h6-7,9H,4-5,8H2,1-3H3,(H2,12,13,14). The Balaban J connectivity index is 2.52. The lowest BCUT2D eigenvalue weighted by Gasteiger charge is -2.08. The number of nitrogens with zero attached hydrogens (tertiary/aromatic N) is 2. The predicted molar refractivity (Wildman–Crippen MR) is 63.9 cm³/mol. The average Bonchev–Trinajstić information content (AvgIpc) is 2.61. The molecule has 4 heteroatoms. The van der Waals surface area contributed by atoms with Crippen LogP contribution in [0.2, 0.25) is 0 Å². The maximum absolute atomic E-state index is 4.47. The van der Waals surface area contributed by atoms with E-state index in [1.54, 1.807) is 0 Å². The minimum absolute atomic E-state index is 0.718. The maximum atomic E-state index is 4.47. The van der Waals surface area contributed by atoms with Crippen molar-refractivity contribution in [1.82, 2.24) is 15.2 Å². The van der Waals surface area contributed by atoms with Gasteiger partial charge in [0, 0.05) is 32.5 Å². The Labute approximate surface area is 91.4 Å². The minimum Gasteiger partial charge on any atom is -0.357 e. The summed E-state index contributed by atoms with van der Waals surface area (Å²) in [5, 5.41) is 6.39. The van der Waals surface area contributed by atoms with E-state index >= 15 is 0 Å². The van der Waals surface area contributed by atoms with Gasteiger partial charge >= 0.3 is 0 Å². The SMILES string of the molecule is CCNC(=NCc1ccn(C)c1)NCC. The van der Waals surface area contributed by atoms with Crippen LogP contribution in [0.15, 0.2) is 23.5 Å². The van der Waals surface area contributed by atoms with Gasteiger partial charge in [-0.2, -0.15) is 0 Å². The van der Waals surface area contributed by atoms with E-state index < -0.39 is 0 Å². The van der Waals surface area contributed by atoms with Crippen molar-refractivity contribution in [2.24, 2.45) is 12.0 Å². The summed E-state index contributed by atoms with van der Waals surface area (Å²) in [6.45, 7) is 6.63. The fourth-order valence-corrected chi connectivity index (χ4v) is 1.33. The average molecular weight is 208 g/mol. The Morgan fingerprint density at radius 3 is 2.47 bits per heavy atom. The van der Waals surface area contributed by atoms with Crippen molar-refractivity contribution in [2.75, 3.05) is 13.1 Å². The number of aliphatic imine (C=N–C) groups is 1. The first-order valence-corrected chi connectivity index (χ1v) is 5.39. The molecule has 0 spiro atoms. The number of guanidine groups is 1. The number of aryl methyl sites for hydroxylation is 1. The van der Waals surface area contributed by atoms with Crippen molar-refractivity contribution < 1.29 is 0 Å². The Hall–Kier alpha value is -1.45. The first kappa shape index (κ1) is 11.6. The van der Waals surface area contributed by atoms with Gasteiger partial charge in [0.2, 0.25) is 0 Å². The zero-order valence-electron chi connectivity index (χ0n) is 9.75. The van der Waals surface area contributed by atoms with Crippen LogP contribution in [0, 0.1) is 0 Å². The molecule has 0 aliphatic rings. The van der Waals surface area contributed by atoms with E-state index in [0.29, 0.717) is 0 Å². The molecule has 1 aromatic heterocycles. The van der Waals surface area contributed by atoms with Gasteiger partial charge in [-0.25, -0.2) is 4.99 Å². The molecule has 0 aromatic carbocycles. The number of hydrogen-bond acceptors (Lipinski definition) is 1. The van der Waals surface area contributed by atoms with Gasteiger partial charge in [0.15, 0.2) is 5.96 Å². The zero-order valence-corrected chi connectivity index (χ0v) is 9.75. The highest BCUT2D eigenvalue weighted by atomic mass is 15.2. The van der Waals surface area contributed by atoms with Gasteiger partial charge in [-0.15, -0.1) is 0 Å². The maximum Gasteiger partial charge on any atom is 0.191 e. The second-order valence-electron chi connectivity index (χ2n) is 3.41. The number of hydrogen-bond donors (Lipinski definition) is 2. The van der Waals surface area contributed by atoms with E-state index in [2.05, 4.69) is 41.7 Å². The van der Waals surface area contributed by atoms with Crippen LogP contribution < -0.4 is 10.6 Å². The monoisotopic (exact) mass is 208 g/mol. The molecule has 2 N–H and O–H groups in total. The van der Waals surface area contributed by atoms with Gasteiger partial charge in [0.1, 0.15) is 0 Å². The lowest BCUT2D eigenvalue weighted by atomic mass is 10.3. The van der Waals surface area contributed by atoms with Crippen molar-refractivity contribution >= 4 is 5.96 Å². The Morgan fingerprint density at radius 1 is 1.33 bits per heavy atom. The second kappa shape index (κ2) is 6.11. The molecule has 4 nitrogen and oxygen atoms in total. The van der Waals surface area contributed by atoms with Gasteiger partial charge < -0.3 is 15.2 Å². The van der Waals surface area contributed by atoms with Crippen molar-refractivity contribution in [3.05, 3.63) is 24.0 Å².